The molecule has 0 aliphatic carbocycles. The van der Waals surface area contributed by atoms with Gasteiger partial charge in [0.1, 0.15) is 0 Å². The SMILES string of the molecule is CC1CO1.FC(F)(F)C1(F)OC1(F)F. The van der Waals surface area contributed by atoms with Crippen LogP contribution in [0, 0.1) is 0 Å². The van der Waals surface area contributed by atoms with Crippen LogP contribution in [0.25, 0.3) is 0 Å². The zero-order valence-electron chi connectivity index (χ0n) is 6.87. The Labute approximate surface area is 74.8 Å². The summed E-state index contributed by atoms with van der Waals surface area (Å²) in [5.41, 5.74) is 0. The minimum atomic E-state index is -5.66. The third-order valence-corrected chi connectivity index (χ3v) is 1.47. The minimum absolute atomic E-state index is 0.583. The molecule has 2 fully saturated rings. The highest BCUT2D eigenvalue weighted by Crippen LogP contribution is 2.60. The molecule has 0 N–H and O–H groups in total. The van der Waals surface area contributed by atoms with Gasteiger partial charge in [0.2, 0.25) is 0 Å². The van der Waals surface area contributed by atoms with E-state index in [2.05, 4.69) is 11.7 Å². The summed E-state index contributed by atoms with van der Waals surface area (Å²) in [5.74, 6) is -4.75. The van der Waals surface area contributed by atoms with Crippen LogP contribution in [-0.2, 0) is 9.47 Å². The molecule has 2 aliphatic rings. The largest absolute Gasteiger partial charge is 0.458 e. The molecule has 2 unspecified atom stereocenters. The third-order valence-electron chi connectivity index (χ3n) is 1.47. The summed E-state index contributed by atoms with van der Waals surface area (Å²) in [7, 11) is 0. The quantitative estimate of drug-likeness (QED) is 0.465. The molecule has 0 spiro atoms. The Balaban J connectivity index is 0.000000203. The second-order valence-electron chi connectivity index (χ2n) is 2.86. The average molecular weight is 224 g/mol. The number of epoxide rings is 2. The number of hydrogen-bond donors (Lipinski definition) is 0. The van der Waals surface area contributed by atoms with Crippen molar-refractivity contribution in [1.29, 1.82) is 0 Å². The van der Waals surface area contributed by atoms with E-state index in [1.54, 1.807) is 0 Å². The Bertz CT molecular complexity index is 223. The van der Waals surface area contributed by atoms with Crippen molar-refractivity contribution in [3.05, 3.63) is 0 Å². The minimum Gasteiger partial charge on any atom is -0.373 e. The molecule has 0 bridgehead atoms. The molecule has 0 aromatic carbocycles. The van der Waals surface area contributed by atoms with E-state index in [9.17, 15) is 26.3 Å². The lowest BCUT2D eigenvalue weighted by atomic mass is 10.4. The van der Waals surface area contributed by atoms with Gasteiger partial charge in [-0.1, -0.05) is 0 Å². The fraction of sp³-hybridized carbons (Fsp3) is 1.00. The van der Waals surface area contributed by atoms with Crippen LogP contribution >= 0.6 is 0 Å². The monoisotopic (exact) mass is 224 g/mol. The number of ether oxygens (including phenoxy) is 2. The van der Waals surface area contributed by atoms with Crippen molar-refractivity contribution in [1.82, 2.24) is 0 Å². The van der Waals surface area contributed by atoms with Gasteiger partial charge < -0.3 is 4.74 Å². The van der Waals surface area contributed by atoms with Crippen LogP contribution < -0.4 is 0 Å². The van der Waals surface area contributed by atoms with Crippen molar-refractivity contribution >= 4 is 0 Å². The number of halogens is 6. The van der Waals surface area contributed by atoms with Crippen LogP contribution in [0.15, 0.2) is 0 Å². The van der Waals surface area contributed by atoms with Gasteiger partial charge in [-0.3, -0.25) is 4.74 Å². The van der Waals surface area contributed by atoms with Crippen molar-refractivity contribution in [3.63, 3.8) is 0 Å². The van der Waals surface area contributed by atoms with Crippen LogP contribution in [0.5, 0.6) is 0 Å². The van der Waals surface area contributed by atoms with E-state index in [0.717, 1.165) is 6.61 Å². The summed E-state index contributed by atoms with van der Waals surface area (Å²) < 4.78 is 75.1. The molecule has 0 aromatic heterocycles. The molecular weight excluding hydrogens is 218 g/mol. The molecule has 0 saturated carbocycles. The molecular formula is C6H6F6O2. The fourth-order valence-corrected chi connectivity index (χ4v) is 0.470. The lowest BCUT2D eigenvalue weighted by Gasteiger charge is -2.04. The zero-order valence-corrected chi connectivity index (χ0v) is 6.87. The summed E-state index contributed by atoms with van der Waals surface area (Å²) in [4.78, 5) is 0. The predicted octanol–water partition coefficient (Wildman–Crippen LogP) is 2.24. The summed E-state index contributed by atoms with van der Waals surface area (Å²) in [6.07, 6.45) is -9.78. The Morgan fingerprint density at radius 3 is 1.50 bits per heavy atom. The molecule has 2 nitrogen and oxygen atoms in total. The normalized spacial score (nSPS) is 38.4. The maximum atomic E-state index is 11.7. The Morgan fingerprint density at radius 2 is 1.50 bits per heavy atom. The molecule has 84 valence electrons. The van der Waals surface area contributed by atoms with E-state index in [4.69, 9.17) is 4.74 Å². The highest BCUT2D eigenvalue weighted by Gasteiger charge is 2.90. The first-order chi connectivity index (χ1) is 6.10. The van der Waals surface area contributed by atoms with E-state index < -0.39 is 18.1 Å². The molecule has 8 heteroatoms. The van der Waals surface area contributed by atoms with Crippen molar-refractivity contribution in [2.24, 2.45) is 0 Å². The van der Waals surface area contributed by atoms with Crippen molar-refractivity contribution in [2.75, 3.05) is 6.61 Å². The zero-order chi connectivity index (χ0) is 11.2. The van der Waals surface area contributed by atoms with Gasteiger partial charge in [-0.2, -0.15) is 26.3 Å². The summed E-state index contributed by atoms with van der Waals surface area (Å²) in [5, 5.41) is 0. The molecule has 2 saturated heterocycles. The molecule has 0 amide bonds. The van der Waals surface area contributed by atoms with E-state index >= 15 is 0 Å². The van der Waals surface area contributed by atoms with Crippen LogP contribution in [0.4, 0.5) is 26.3 Å². The molecule has 2 rings (SSSR count). The highest BCUT2D eigenvalue weighted by atomic mass is 19.4. The van der Waals surface area contributed by atoms with E-state index in [-0.39, 0.29) is 0 Å². The lowest BCUT2D eigenvalue weighted by molar-refractivity contribution is -0.231. The van der Waals surface area contributed by atoms with Gasteiger partial charge in [-0.15, -0.1) is 0 Å². The van der Waals surface area contributed by atoms with Gasteiger partial charge in [0.15, 0.2) is 0 Å². The molecule has 2 atom stereocenters. The maximum Gasteiger partial charge on any atom is 0.458 e. The molecule has 0 radical (unpaired) electrons. The topological polar surface area (TPSA) is 25.1 Å². The number of rotatable bonds is 0. The Kier molecular flexibility index (Phi) is 2.47. The smallest absolute Gasteiger partial charge is 0.373 e. The lowest BCUT2D eigenvalue weighted by Crippen LogP contribution is -2.32. The standard InChI is InChI=1S/C3F6O.C3H6O/c4-1(2(5,6)7)3(8,9)10-1;1-3-2-4-3/h;3H,2H2,1H3. The van der Waals surface area contributed by atoms with Crippen molar-refractivity contribution in [2.45, 2.75) is 31.2 Å². The molecule has 14 heavy (non-hydrogen) atoms. The summed E-state index contributed by atoms with van der Waals surface area (Å²) >= 11 is 0. The van der Waals surface area contributed by atoms with Crippen molar-refractivity contribution < 1.29 is 35.8 Å². The molecule has 2 heterocycles. The van der Waals surface area contributed by atoms with Gasteiger partial charge in [0.05, 0.1) is 12.7 Å². The van der Waals surface area contributed by atoms with Gasteiger partial charge in [-0.05, 0) is 6.92 Å². The number of alkyl halides is 6. The predicted molar refractivity (Wildman–Crippen MR) is 31.3 cm³/mol. The second-order valence-corrected chi connectivity index (χ2v) is 2.86. The first-order valence-corrected chi connectivity index (χ1v) is 3.55. The van der Waals surface area contributed by atoms with E-state index in [1.165, 1.54) is 0 Å². The summed E-state index contributed by atoms with van der Waals surface area (Å²) in [6, 6.07) is 0. The van der Waals surface area contributed by atoms with Gasteiger partial charge >= 0.3 is 18.1 Å². The fourth-order valence-electron chi connectivity index (χ4n) is 0.470. The average Bonchev–Trinajstić information content (AvgIpc) is 2.77. The maximum absolute atomic E-state index is 11.7. The van der Waals surface area contributed by atoms with Crippen LogP contribution in [0.3, 0.4) is 0 Å². The van der Waals surface area contributed by atoms with Crippen LogP contribution in [-0.4, -0.2) is 30.9 Å². The van der Waals surface area contributed by atoms with Gasteiger partial charge in [0, 0.05) is 0 Å². The van der Waals surface area contributed by atoms with Crippen LogP contribution in [0.1, 0.15) is 6.92 Å². The first-order valence-electron chi connectivity index (χ1n) is 3.55. The highest BCUT2D eigenvalue weighted by molar-refractivity contribution is 4.99. The van der Waals surface area contributed by atoms with Crippen LogP contribution in [0.2, 0.25) is 0 Å². The van der Waals surface area contributed by atoms with E-state index in [1.807, 2.05) is 0 Å². The Morgan fingerprint density at radius 1 is 1.21 bits per heavy atom. The molecule has 2 aliphatic heterocycles. The summed E-state index contributed by atoms with van der Waals surface area (Å²) in [6.45, 7) is 3.04. The third kappa shape index (κ3) is 2.11. The van der Waals surface area contributed by atoms with Gasteiger partial charge in [-0.25, -0.2) is 0 Å². The Hall–Kier alpha value is -0.500. The first kappa shape index (κ1) is 11.6. The molecule has 0 aromatic rings. The van der Waals surface area contributed by atoms with E-state index in [0.29, 0.717) is 6.10 Å². The van der Waals surface area contributed by atoms with Crippen molar-refractivity contribution in [3.8, 4) is 0 Å². The number of hydrogen-bond acceptors (Lipinski definition) is 2. The second kappa shape index (κ2) is 2.99. The van der Waals surface area contributed by atoms with Gasteiger partial charge in [0.25, 0.3) is 0 Å².